The fourth-order valence-electron chi connectivity index (χ4n) is 2.23. The van der Waals surface area contributed by atoms with Crippen molar-refractivity contribution in [2.45, 2.75) is 38.7 Å². The fourth-order valence-corrected chi connectivity index (χ4v) is 2.23. The molecule has 0 spiro atoms. The average molecular weight is 305 g/mol. The van der Waals surface area contributed by atoms with Gasteiger partial charge in [-0.05, 0) is 19.1 Å². The van der Waals surface area contributed by atoms with Crippen molar-refractivity contribution in [3.8, 4) is 0 Å². The highest BCUT2D eigenvalue weighted by Crippen LogP contribution is 2.24. The van der Waals surface area contributed by atoms with Gasteiger partial charge in [0.1, 0.15) is 11.4 Å². The summed E-state index contributed by atoms with van der Waals surface area (Å²) < 4.78 is 6.83. The van der Waals surface area contributed by atoms with Gasteiger partial charge in [0.05, 0.1) is 24.1 Å². The first-order chi connectivity index (χ1) is 10.1. The van der Waals surface area contributed by atoms with Gasteiger partial charge in [-0.2, -0.15) is 5.10 Å². The molecular formula is C16H23N3O3. The van der Waals surface area contributed by atoms with Crippen molar-refractivity contribution in [1.29, 1.82) is 0 Å². The first-order valence-corrected chi connectivity index (χ1v) is 7.20. The predicted octanol–water partition coefficient (Wildman–Crippen LogP) is 1.95. The fraction of sp³-hybridized carbons (Fsp3) is 0.500. The first kappa shape index (κ1) is 16.3. The van der Waals surface area contributed by atoms with E-state index < -0.39 is 5.60 Å². The van der Waals surface area contributed by atoms with Gasteiger partial charge in [-0.25, -0.2) is 0 Å². The molecule has 22 heavy (non-hydrogen) atoms. The molecule has 6 nitrogen and oxygen atoms in total. The van der Waals surface area contributed by atoms with Gasteiger partial charge in [0.25, 0.3) is 5.91 Å². The average Bonchev–Trinajstić information content (AvgIpc) is 3.04. The number of nitrogens with zero attached hydrogens (tertiary/aromatic N) is 2. The summed E-state index contributed by atoms with van der Waals surface area (Å²) in [4.78, 5) is 12.4. The smallest absolute Gasteiger partial charge is 0.254 e. The highest BCUT2D eigenvalue weighted by molar-refractivity contribution is 5.95. The lowest BCUT2D eigenvalue weighted by molar-refractivity contribution is 0.0330. The number of amides is 1. The van der Waals surface area contributed by atoms with Crippen molar-refractivity contribution in [1.82, 2.24) is 15.1 Å². The summed E-state index contributed by atoms with van der Waals surface area (Å²) in [7, 11) is 1.78. The molecule has 2 aromatic heterocycles. The van der Waals surface area contributed by atoms with Gasteiger partial charge in [-0.3, -0.25) is 9.48 Å². The van der Waals surface area contributed by atoms with Crippen LogP contribution in [0.5, 0.6) is 0 Å². The number of nitrogens with one attached hydrogen (secondary N) is 1. The van der Waals surface area contributed by atoms with E-state index in [1.165, 1.54) is 6.26 Å². The van der Waals surface area contributed by atoms with Crippen molar-refractivity contribution in [3.05, 3.63) is 41.6 Å². The maximum absolute atomic E-state index is 12.4. The van der Waals surface area contributed by atoms with Crippen molar-refractivity contribution in [3.63, 3.8) is 0 Å². The largest absolute Gasteiger partial charge is 0.466 e. The van der Waals surface area contributed by atoms with Gasteiger partial charge >= 0.3 is 0 Å². The highest BCUT2D eigenvalue weighted by atomic mass is 16.4. The van der Waals surface area contributed by atoms with Crippen molar-refractivity contribution in [2.75, 3.05) is 6.54 Å². The lowest BCUT2D eigenvalue weighted by Gasteiger charge is -2.22. The van der Waals surface area contributed by atoms with Gasteiger partial charge in [-0.15, -0.1) is 0 Å². The van der Waals surface area contributed by atoms with E-state index >= 15 is 0 Å². The number of aliphatic hydroxyl groups is 1. The van der Waals surface area contributed by atoms with Crippen LogP contribution in [0.1, 0.15) is 49.5 Å². The molecule has 120 valence electrons. The van der Waals surface area contributed by atoms with E-state index in [0.29, 0.717) is 11.3 Å². The zero-order chi connectivity index (χ0) is 16.5. The molecule has 1 amide bonds. The third-order valence-electron chi connectivity index (χ3n) is 3.43. The quantitative estimate of drug-likeness (QED) is 0.904. The van der Waals surface area contributed by atoms with Crippen LogP contribution in [0.15, 0.2) is 29.0 Å². The Balaban J connectivity index is 2.14. The molecule has 1 atom stereocenters. The highest BCUT2D eigenvalue weighted by Gasteiger charge is 2.29. The number of furan rings is 1. The number of hydrogen-bond donors (Lipinski definition) is 2. The summed E-state index contributed by atoms with van der Waals surface area (Å²) in [6.07, 6.45) is 3.18. The van der Waals surface area contributed by atoms with Gasteiger partial charge in [-0.1, -0.05) is 20.8 Å². The summed E-state index contributed by atoms with van der Waals surface area (Å²) in [5, 5.41) is 17.5. The van der Waals surface area contributed by atoms with E-state index in [-0.39, 0.29) is 17.9 Å². The van der Waals surface area contributed by atoms with E-state index in [9.17, 15) is 9.90 Å². The van der Waals surface area contributed by atoms with Crippen LogP contribution in [-0.4, -0.2) is 27.3 Å². The molecule has 2 heterocycles. The first-order valence-electron chi connectivity index (χ1n) is 7.20. The minimum Gasteiger partial charge on any atom is -0.466 e. The molecule has 0 fully saturated rings. The summed E-state index contributed by atoms with van der Waals surface area (Å²) in [6.45, 7) is 7.67. The SMILES string of the molecule is Cn1cc(C(=O)NCC(C)(O)c2ccco2)c(C(C)(C)C)n1. The van der Waals surface area contributed by atoms with Crippen molar-refractivity contribution < 1.29 is 14.3 Å². The number of carbonyl (C=O) groups excluding carboxylic acids is 1. The zero-order valence-electron chi connectivity index (χ0n) is 13.7. The second-order valence-corrected chi connectivity index (χ2v) is 6.75. The minimum absolute atomic E-state index is 0.0534. The number of aryl methyl sites for hydroxylation is 1. The van der Waals surface area contributed by atoms with Crippen LogP contribution in [0, 0.1) is 0 Å². The van der Waals surface area contributed by atoms with Gasteiger partial charge in [0.2, 0.25) is 0 Å². The molecule has 6 heteroatoms. The van der Waals surface area contributed by atoms with Gasteiger partial charge in [0, 0.05) is 18.7 Å². The second-order valence-electron chi connectivity index (χ2n) is 6.75. The van der Waals surface area contributed by atoms with E-state index in [0.717, 1.165) is 5.69 Å². The summed E-state index contributed by atoms with van der Waals surface area (Å²) in [6, 6.07) is 3.38. The molecule has 0 saturated carbocycles. The van der Waals surface area contributed by atoms with Crippen LogP contribution >= 0.6 is 0 Å². The van der Waals surface area contributed by atoms with Gasteiger partial charge in [0.15, 0.2) is 0 Å². The van der Waals surface area contributed by atoms with Crippen molar-refractivity contribution >= 4 is 5.91 Å². The Hall–Kier alpha value is -2.08. The zero-order valence-corrected chi connectivity index (χ0v) is 13.7. The Labute approximate surface area is 130 Å². The summed E-state index contributed by atoms with van der Waals surface area (Å²) >= 11 is 0. The van der Waals surface area contributed by atoms with Gasteiger partial charge < -0.3 is 14.8 Å². The normalized spacial score (nSPS) is 14.6. The topological polar surface area (TPSA) is 80.3 Å². The standard InChI is InChI=1S/C16H23N3O3/c1-15(2,3)13-11(9-19(5)18-13)14(20)17-10-16(4,21)12-7-6-8-22-12/h6-9,21H,10H2,1-5H3,(H,17,20). The molecule has 0 aromatic carbocycles. The van der Waals surface area contributed by atoms with E-state index in [4.69, 9.17) is 4.42 Å². The van der Waals surface area contributed by atoms with Crippen LogP contribution in [0.25, 0.3) is 0 Å². The maximum atomic E-state index is 12.4. The third-order valence-corrected chi connectivity index (χ3v) is 3.43. The molecule has 0 bridgehead atoms. The monoisotopic (exact) mass is 305 g/mol. The Bertz CT molecular complexity index is 649. The Morgan fingerprint density at radius 1 is 1.41 bits per heavy atom. The second kappa shape index (κ2) is 5.61. The molecule has 2 N–H and O–H groups in total. The number of carbonyl (C=O) groups is 1. The van der Waals surface area contributed by atoms with Crippen LogP contribution in [0.2, 0.25) is 0 Å². The minimum atomic E-state index is -1.26. The van der Waals surface area contributed by atoms with E-state index in [1.54, 1.807) is 37.0 Å². The molecule has 0 radical (unpaired) electrons. The summed E-state index contributed by atoms with van der Waals surface area (Å²) in [5.74, 6) is 0.153. The third kappa shape index (κ3) is 3.39. The van der Waals surface area contributed by atoms with Crippen molar-refractivity contribution in [2.24, 2.45) is 7.05 Å². The Kier molecular flexibility index (Phi) is 4.15. The van der Waals surface area contributed by atoms with E-state index in [1.807, 2.05) is 20.8 Å². The van der Waals surface area contributed by atoms with Crippen LogP contribution in [-0.2, 0) is 18.1 Å². The molecule has 0 saturated heterocycles. The molecule has 0 aliphatic heterocycles. The molecular weight excluding hydrogens is 282 g/mol. The number of rotatable bonds is 4. The lowest BCUT2D eigenvalue weighted by atomic mass is 9.89. The molecule has 2 aromatic rings. The Morgan fingerprint density at radius 3 is 2.64 bits per heavy atom. The Morgan fingerprint density at radius 2 is 2.09 bits per heavy atom. The van der Waals surface area contributed by atoms with E-state index in [2.05, 4.69) is 10.4 Å². The van der Waals surface area contributed by atoms with Crippen LogP contribution in [0.4, 0.5) is 0 Å². The molecule has 1 unspecified atom stereocenters. The molecule has 0 aliphatic rings. The number of hydrogen-bond acceptors (Lipinski definition) is 4. The lowest BCUT2D eigenvalue weighted by Crippen LogP contribution is -2.39. The molecule has 2 rings (SSSR count). The number of aromatic nitrogens is 2. The van der Waals surface area contributed by atoms with Crippen LogP contribution < -0.4 is 5.32 Å². The van der Waals surface area contributed by atoms with Crippen LogP contribution in [0.3, 0.4) is 0 Å². The maximum Gasteiger partial charge on any atom is 0.254 e. The predicted molar refractivity (Wildman–Crippen MR) is 82.5 cm³/mol. The summed E-state index contributed by atoms with van der Waals surface area (Å²) in [5.41, 5.74) is -0.254. The molecule has 0 aliphatic carbocycles.